The van der Waals surface area contributed by atoms with Crippen LogP contribution in [0.4, 0.5) is 4.39 Å². The molecule has 7 heteroatoms. The van der Waals surface area contributed by atoms with Crippen molar-refractivity contribution in [3.8, 4) is 0 Å². The summed E-state index contributed by atoms with van der Waals surface area (Å²) in [5, 5.41) is 0.166. The van der Waals surface area contributed by atoms with Crippen LogP contribution in [0.2, 0.25) is 5.02 Å². The first kappa shape index (κ1) is 19.7. The van der Waals surface area contributed by atoms with Crippen molar-refractivity contribution in [1.82, 2.24) is 9.80 Å². The third-order valence-electron chi connectivity index (χ3n) is 5.00. The minimum Gasteiger partial charge on any atom is -0.370 e. The van der Waals surface area contributed by atoms with E-state index in [4.69, 9.17) is 17.3 Å². The first-order chi connectivity index (χ1) is 11.0. The van der Waals surface area contributed by atoms with E-state index in [1.807, 2.05) is 13.1 Å². The van der Waals surface area contributed by atoms with Crippen LogP contribution in [0.5, 0.6) is 0 Å². The van der Waals surface area contributed by atoms with E-state index in [0.717, 1.165) is 18.5 Å². The van der Waals surface area contributed by atoms with Gasteiger partial charge < -0.3 is 10.6 Å². The summed E-state index contributed by atoms with van der Waals surface area (Å²) in [6, 6.07) is 5.81. The zero-order chi connectivity index (χ0) is 16.6. The summed E-state index contributed by atoms with van der Waals surface area (Å²) >= 11 is 5.80. The quantitative estimate of drug-likeness (QED) is 0.420. The zero-order valence-corrected chi connectivity index (χ0v) is 17.2. The molecule has 134 valence electrons. The number of hydrogen-bond donors (Lipinski definition) is 1. The molecule has 2 N–H and O–H groups in total. The van der Waals surface area contributed by atoms with Crippen LogP contribution in [0.1, 0.15) is 30.9 Å². The van der Waals surface area contributed by atoms with E-state index >= 15 is 0 Å². The lowest BCUT2D eigenvalue weighted by Gasteiger charge is -2.25. The molecule has 1 aromatic rings. The van der Waals surface area contributed by atoms with Gasteiger partial charge in [-0.2, -0.15) is 0 Å². The molecule has 1 aromatic carbocycles. The van der Waals surface area contributed by atoms with Gasteiger partial charge in [0.15, 0.2) is 5.96 Å². The molecule has 2 fully saturated rings. The first-order valence-corrected chi connectivity index (χ1v) is 8.53. The van der Waals surface area contributed by atoms with E-state index in [1.54, 1.807) is 12.1 Å². The molecule has 24 heavy (non-hydrogen) atoms. The van der Waals surface area contributed by atoms with E-state index in [-0.39, 0.29) is 40.9 Å². The Morgan fingerprint density at radius 3 is 2.75 bits per heavy atom. The number of aliphatic imine (C=N–C) groups is 1. The van der Waals surface area contributed by atoms with E-state index in [1.165, 1.54) is 12.8 Å². The molecule has 4 nitrogen and oxygen atoms in total. The molecular weight excluding hydrogens is 442 g/mol. The van der Waals surface area contributed by atoms with Gasteiger partial charge in [-0.1, -0.05) is 17.7 Å². The molecule has 1 heterocycles. The van der Waals surface area contributed by atoms with Crippen LogP contribution >= 0.6 is 35.6 Å². The highest BCUT2D eigenvalue weighted by molar-refractivity contribution is 14.0. The number of likely N-dealkylation sites (tertiary alicyclic amines) is 1. The second kappa shape index (κ2) is 8.19. The lowest BCUT2D eigenvalue weighted by molar-refractivity contribution is 0.279. The average Bonchev–Trinajstić information content (AvgIpc) is 3.31. The summed E-state index contributed by atoms with van der Waals surface area (Å²) < 4.78 is 13.8. The fourth-order valence-electron chi connectivity index (χ4n) is 3.41. The molecule has 1 aliphatic carbocycles. The van der Waals surface area contributed by atoms with Gasteiger partial charge in [0.25, 0.3) is 0 Å². The van der Waals surface area contributed by atoms with Gasteiger partial charge in [0.1, 0.15) is 5.82 Å². The van der Waals surface area contributed by atoms with Crippen molar-refractivity contribution < 1.29 is 4.39 Å². The summed E-state index contributed by atoms with van der Waals surface area (Å²) in [5.74, 6) is 0.592. The van der Waals surface area contributed by atoms with Gasteiger partial charge in [0.2, 0.25) is 0 Å². The van der Waals surface area contributed by atoms with Crippen LogP contribution in [0.15, 0.2) is 23.2 Å². The predicted octanol–water partition coefficient (Wildman–Crippen LogP) is 3.50. The Hall–Kier alpha value is -0.600. The SMILES string of the molecule is CN1CCC(CN=C(N)N(C)C2CC2)C1c1ccc(Cl)c(F)c1.I. The second-order valence-electron chi connectivity index (χ2n) is 6.69. The molecule has 0 aromatic heterocycles. The Balaban J connectivity index is 0.00000208. The summed E-state index contributed by atoms with van der Waals surface area (Å²) in [6.45, 7) is 1.65. The minimum absolute atomic E-state index is 0. The van der Waals surface area contributed by atoms with Gasteiger partial charge in [-0.15, -0.1) is 24.0 Å². The molecule has 3 rings (SSSR count). The molecule has 2 atom stereocenters. The summed E-state index contributed by atoms with van der Waals surface area (Å²) in [6.07, 6.45) is 3.44. The largest absolute Gasteiger partial charge is 0.370 e. The zero-order valence-electron chi connectivity index (χ0n) is 14.1. The summed E-state index contributed by atoms with van der Waals surface area (Å²) in [7, 11) is 4.07. The van der Waals surface area contributed by atoms with Crippen LogP contribution in [-0.2, 0) is 0 Å². The molecule has 1 saturated carbocycles. The van der Waals surface area contributed by atoms with Crippen molar-refractivity contribution in [2.45, 2.75) is 31.3 Å². The molecule has 2 unspecified atom stereocenters. The van der Waals surface area contributed by atoms with Crippen molar-refractivity contribution in [3.05, 3.63) is 34.6 Å². The number of guanidine groups is 1. The van der Waals surface area contributed by atoms with Crippen molar-refractivity contribution in [1.29, 1.82) is 0 Å². The Labute approximate surface area is 165 Å². The molecule has 0 bridgehead atoms. The smallest absolute Gasteiger partial charge is 0.191 e. The fraction of sp³-hybridized carbons (Fsp3) is 0.588. The Kier molecular flexibility index (Phi) is 6.73. The lowest BCUT2D eigenvalue weighted by atomic mass is 9.94. The average molecular weight is 467 g/mol. The highest BCUT2D eigenvalue weighted by Gasteiger charge is 2.33. The molecule has 0 spiro atoms. The summed E-state index contributed by atoms with van der Waals surface area (Å²) in [5.41, 5.74) is 7.04. The number of halogens is 3. The number of rotatable bonds is 4. The predicted molar refractivity (Wildman–Crippen MR) is 108 cm³/mol. The molecule has 1 saturated heterocycles. The normalized spacial score (nSPS) is 24.8. The van der Waals surface area contributed by atoms with Gasteiger partial charge >= 0.3 is 0 Å². The molecule has 0 radical (unpaired) electrons. The van der Waals surface area contributed by atoms with E-state index in [0.29, 0.717) is 24.5 Å². The maximum Gasteiger partial charge on any atom is 0.191 e. The van der Waals surface area contributed by atoms with Crippen molar-refractivity contribution in [2.24, 2.45) is 16.6 Å². The van der Waals surface area contributed by atoms with E-state index < -0.39 is 0 Å². The lowest BCUT2D eigenvalue weighted by Crippen LogP contribution is -2.36. The van der Waals surface area contributed by atoms with Gasteiger partial charge in [-0.3, -0.25) is 9.89 Å². The van der Waals surface area contributed by atoms with Crippen molar-refractivity contribution in [3.63, 3.8) is 0 Å². The fourth-order valence-corrected chi connectivity index (χ4v) is 3.53. The molecule has 0 amide bonds. The summed E-state index contributed by atoms with van der Waals surface area (Å²) in [4.78, 5) is 8.91. The Morgan fingerprint density at radius 2 is 2.12 bits per heavy atom. The standard InChI is InChI=1S/C17H24ClFN4.HI/c1-22-8-7-12(10-21-17(20)23(2)13-4-5-13)16(22)11-3-6-14(18)15(19)9-11;/h3,6,9,12-13,16H,4-5,7-8,10H2,1-2H3,(H2,20,21);1H. The number of hydrogen-bond acceptors (Lipinski definition) is 2. The highest BCUT2D eigenvalue weighted by Crippen LogP contribution is 2.37. The minimum atomic E-state index is -0.361. The van der Waals surface area contributed by atoms with E-state index in [2.05, 4.69) is 21.8 Å². The van der Waals surface area contributed by atoms with Crippen LogP contribution in [0, 0.1) is 11.7 Å². The maximum absolute atomic E-state index is 13.8. The number of benzene rings is 1. The highest BCUT2D eigenvalue weighted by atomic mass is 127. The maximum atomic E-state index is 13.8. The third kappa shape index (κ3) is 4.32. The van der Waals surface area contributed by atoms with Crippen LogP contribution < -0.4 is 5.73 Å². The Bertz CT molecular complexity index is 608. The van der Waals surface area contributed by atoms with Crippen LogP contribution in [0.25, 0.3) is 0 Å². The Morgan fingerprint density at radius 1 is 1.42 bits per heavy atom. The van der Waals surface area contributed by atoms with Crippen molar-refractivity contribution >= 4 is 41.5 Å². The van der Waals surface area contributed by atoms with E-state index in [9.17, 15) is 4.39 Å². The van der Waals surface area contributed by atoms with Gasteiger partial charge in [-0.25, -0.2) is 4.39 Å². The second-order valence-corrected chi connectivity index (χ2v) is 7.10. The van der Waals surface area contributed by atoms with Gasteiger partial charge in [0.05, 0.1) is 5.02 Å². The van der Waals surface area contributed by atoms with Crippen molar-refractivity contribution in [2.75, 3.05) is 27.2 Å². The van der Waals surface area contributed by atoms with Gasteiger partial charge in [-0.05, 0) is 56.5 Å². The van der Waals surface area contributed by atoms with Crippen LogP contribution in [0.3, 0.4) is 0 Å². The number of nitrogens with zero attached hydrogens (tertiary/aromatic N) is 3. The molecule has 1 aliphatic heterocycles. The third-order valence-corrected chi connectivity index (χ3v) is 5.31. The number of nitrogens with two attached hydrogens (primary N) is 1. The topological polar surface area (TPSA) is 44.9 Å². The van der Waals surface area contributed by atoms with Gasteiger partial charge in [0, 0.05) is 25.7 Å². The first-order valence-electron chi connectivity index (χ1n) is 8.15. The van der Waals surface area contributed by atoms with Crippen LogP contribution in [-0.4, -0.2) is 49.0 Å². The molecule has 2 aliphatic rings. The monoisotopic (exact) mass is 466 g/mol. The molecular formula is C17H25ClFIN4.